The molecule has 2 aromatic rings. The van der Waals surface area contributed by atoms with E-state index < -0.39 is 0 Å². The lowest BCUT2D eigenvalue weighted by atomic mass is 10.2. The largest absolute Gasteiger partial charge is 0.362 e. The standard InChI is InChI=1S/C15H20N4S/c1-12(2)10-16-15(20)18-14-6-4-13(5-7-14)11-19-9-3-8-17-19/h3-9,12H,10-11H2,1-2H3,(H2,16,18,20). The highest BCUT2D eigenvalue weighted by Crippen LogP contribution is 2.10. The quantitative estimate of drug-likeness (QED) is 0.830. The van der Waals surface area contributed by atoms with Crippen LogP contribution in [0.3, 0.4) is 0 Å². The van der Waals surface area contributed by atoms with Gasteiger partial charge in [-0.05, 0) is 41.9 Å². The minimum Gasteiger partial charge on any atom is -0.362 e. The summed E-state index contributed by atoms with van der Waals surface area (Å²) in [6.45, 7) is 5.96. The van der Waals surface area contributed by atoms with Gasteiger partial charge in [0.25, 0.3) is 0 Å². The molecule has 0 unspecified atom stereocenters. The van der Waals surface area contributed by atoms with Crippen LogP contribution in [0, 0.1) is 5.92 Å². The Hall–Kier alpha value is -1.88. The van der Waals surface area contributed by atoms with Gasteiger partial charge in [-0.1, -0.05) is 26.0 Å². The molecule has 2 rings (SSSR count). The molecular weight excluding hydrogens is 268 g/mol. The van der Waals surface area contributed by atoms with Crippen LogP contribution in [-0.2, 0) is 6.54 Å². The van der Waals surface area contributed by atoms with E-state index in [0.29, 0.717) is 11.0 Å². The lowest BCUT2D eigenvalue weighted by molar-refractivity contribution is 0.627. The van der Waals surface area contributed by atoms with E-state index in [9.17, 15) is 0 Å². The fourth-order valence-electron chi connectivity index (χ4n) is 1.75. The molecule has 0 saturated heterocycles. The summed E-state index contributed by atoms with van der Waals surface area (Å²) in [6, 6.07) is 10.1. The maximum absolute atomic E-state index is 5.24. The summed E-state index contributed by atoms with van der Waals surface area (Å²) in [4.78, 5) is 0. The maximum atomic E-state index is 5.24. The lowest BCUT2D eigenvalue weighted by Gasteiger charge is -2.12. The zero-order valence-electron chi connectivity index (χ0n) is 11.8. The van der Waals surface area contributed by atoms with Gasteiger partial charge in [0.1, 0.15) is 0 Å². The zero-order valence-corrected chi connectivity index (χ0v) is 12.7. The summed E-state index contributed by atoms with van der Waals surface area (Å²) in [6.07, 6.45) is 3.74. The van der Waals surface area contributed by atoms with E-state index in [1.54, 1.807) is 6.20 Å². The molecule has 0 bridgehead atoms. The van der Waals surface area contributed by atoms with E-state index >= 15 is 0 Å². The number of hydrogen-bond acceptors (Lipinski definition) is 2. The van der Waals surface area contributed by atoms with E-state index in [4.69, 9.17) is 12.2 Å². The first-order chi connectivity index (χ1) is 9.63. The molecule has 1 aromatic carbocycles. The zero-order chi connectivity index (χ0) is 14.4. The molecule has 5 heteroatoms. The van der Waals surface area contributed by atoms with Crippen LogP contribution in [0.1, 0.15) is 19.4 Å². The number of hydrogen-bond donors (Lipinski definition) is 2. The van der Waals surface area contributed by atoms with Crippen LogP contribution in [-0.4, -0.2) is 21.4 Å². The first-order valence-electron chi connectivity index (χ1n) is 6.74. The van der Waals surface area contributed by atoms with Crippen LogP contribution in [0.2, 0.25) is 0 Å². The number of rotatable bonds is 5. The number of thiocarbonyl (C=S) groups is 1. The van der Waals surface area contributed by atoms with Crippen molar-refractivity contribution >= 4 is 23.0 Å². The molecule has 106 valence electrons. The maximum Gasteiger partial charge on any atom is 0.170 e. The fourth-order valence-corrected chi connectivity index (χ4v) is 1.95. The van der Waals surface area contributed by atoms with Gasteiger partial charge < -0.3 is 10.6 Å². The van der Waals surface area contributed by atoms with Crippen molar-refractivity contribution in [3.63, 3.8) is 0 Å². The Labute approximate surface area is 125 Å². The lowest BCUT2D eigenvalue weighted by Crippen LogP contribution is -2.31. The van der Waals surface area contributed by atoms with Crippen LogP contribution in [0.4, 0.5) is 5.69 Å². The number of aromatic nitrogens is 2. The second-order valence-corrected chi connectivity index (χ2v) is 5.54. The van der Waals surface area contributed by atoms with Crippen LogP contribution < -0.4 is 10.6 Å². The molecule has 20 heavy (non-hydrogen) atoms. The molecular formula is C15H20N4S. The van der Waals surface area contributed by atoms with E-state index in [1.165, 1.54) is 5.56 Å². The van der Waals surface area contributed by atoms with Gasteiger partial charge >= 0.3 is 0 Å². The number of anilines is 1. The van der Waals surface area contributed by atoms with Crippen molar-refractivity contribution in [2.24, 2.45) is 5.92 Å². The average molecular weight is 288 g/mol. The number of nitrogens with zero attached hydrogens (tertiary/aromatic N) is 2. The highest BCUT2D eigenvalue weighted by molar-refractivity contribution is 7.80. The summed E-state index contributed by atoms with van der Waals surface area (Å²) in [5.41, 5.74) is 2.20. The predicted octanol–water partition coefficient (Wildman–Crippen LogP) is 2.87. The molecule has 2 N–H and O–H groups in total. The van der Waals surface area contributed by atoms with Crippen molar-refractivity contribution in [3.05, 3.63) is 48.3 Å². The Bertz CT molecular complexity index is 532. The normalized spacial score (nSPS) is 10.6. The first kappa shape index (κ1) is 14.5. The minimum atomic E-state index is 0.575. The van der Waals surface area contributed by atoms with Gasteiger partial charge in [0.2, 0.25) is 0 Å². The van der Waals surface area contributed by atoms with Crippen LogP contribution in [0.25, 0.3) is 0 Å². The summed E-state index contributed by atoms with van der Waals surface area (Å²) in [7, 11) is 0. The van der Waals surface area contributed by atoms with Crippen molar-refractivity contribution in [1.82, 2.24) is 15.1 Å². The Morgan fingerprint density at radius 1 is 1.30 bits per heavy atom. The Balaban J connectivity index is 1.86. The van der Waals surface area contributed by atoms with Gasteiger partial charge in [0, 0.05) is 24.6 Å². The van der Waals surface area contributed by atoms with Crippen molar-refractivity contribution in [3.8, 4) is 0 Å². The summed E-state index contributed by atoms with van der Waals surface area (Å²) in [5, 5.41) is 11.2. The topological polar surface area (TPSA) is 41.9 Å². The molecule has 0 fully saturated rings. The summed E-state index contributed by atoms with van der Waals surface area (Å²) < 4.78 is 1.90. The average Bonchev–Trinajstić information content (AvgIpc) is 2.92. The van der Waals surface area contributed by atoms with E-state index in [2.05, 4.69) is 41.7 Å². The Morgan fingerprint density at radius 3 is 2.65 bits per heavy atom. The van der Waals surface area contributed by atoms with Crippen molar-refractivity contribution < 1.29 is 0 Å². The molecule has 0 atom stereocenters. The van der Waals surface area contributed by atoms with E-state index in [0.717, 1.165) is 18.8 Å². The van der Waals surface area contributed by atoms with Crippen LogP contribution in [0.5, 0.6) is 0 Å². The molecule has 4 nitrogen and oxygen atoms in total. The van der Waals surface area contributed by atoms with E-state index in [1.807, 2.05) is 29.1 Å². The highest BCUT2D eigenvalue weighted by Gasteiger charge is 2.00. The molecule has 0 radical (unpaired) electrons. The smallest absolute Gasteiger partial charge is 0.170 e. The van der Waals surface area contributed by atoms with Gasteiger partial charge in [0.05, 0.1) is 6.54 Å². The fraction of sp³-hybridized carbons (Fsp3) is 0.333. The monoisotopic (exact) mass is 288 g/mol. The van der Waals surface area contributed by atoms with Crippen molar-refractivity contribution in [1.29, 1.82) is 0 Å². The highest BCUT2D eigenvalue weighted by atomic mass is 32.1. The number of benzene rings is 1. The first-order valence-corrected chi connectivity index (χ1v) is 7.15. The van der Waals surface area contributed by atoms with Gasteiger partial charge in [-0.15, -0.1) is 0 Å². The Morgan fingerprint density at radius 2 is 2.05 bits per heavy atom. The third-order valence-corrected chi connectivity index (χ3v) is 3.03. The Kier molecular flexibility index (Phi) is 5.12. The second-order valence-electron chi connectivity index (χ2n) is 5.13. The van der Waals surface area contributed by atoms with Gasteiger partial charge in [-0.25, -0.2) is 0 Å². The van der Waals surface area contributed by atoms with E-state index in [-0.39, 0.29) is 0 Å². The third kappa shape index (κ3) is 4.66. The summed E-state index contributed by atoms with van der Waals surface area (Å²) in [5.74, 6) is 0.575. The SMILES string of the molecule is CC(C)CNC(=S)Nc1ccc(Cn2cccn2)cc1. The molecule has 0 aliphatic rings. The van der Waals surface area contributed by atoms with Gasteiger partial charge in [-0.3, -0.25) is 4.68 Å². The molecule has 0 spiro atoms. The van der Waals surface area contributed by atoms with Crippen LogP contribution in [0.15, 0.2) is 42.7 Å². The second kappa shape index (κ2) is 7.05. The molecule has 0 aliphatic heterocycles. The van der Waals surface area contributed by atoms with Crippen molar-refractivity contribution in [2.75, 3.05) is 11.9 Å². The molecule has 0 amide bonds. The van der Waals surface area contributed by atoms with Crippen molar-refractivity contribution in [2.45, 2.75) is 20.4 Å². The molecule has 0 saturated carbocycles. The molecule has 1 aromatic heterocycles. The molecule has 0 aliphatic carbocycles. The molecule has 1 heterocycles. The number of nitrogens with one attached hydrogen (secondary N) is 2. The predicted molar refractivity (Wildman–Crippen MR) is 86.8 cm³/mol. The van der Waals surface area contributed by atoms with Crippen LogP contribution >= 0.6 is 12.2 Å². The summed E-state index contributed by atoms with van der Waals surface area (Å²) >= 11 is 5.24. The third-order valence-electron chi connectivity index (χ3n) is 2.79. The minimum absolute atomic E-state index is 0.575. The van der Waals surface area contributed by atoms with Gasteiger partial charge in [-0.2, -0.15) is 5.10 Å². The van der Waals surface area contributed by atoms with Gasteiger partial charge in [0.15, 0.2) is 5.11 Å².